The van der Waals surface area contributed by atoms with Crippen LogP contribution in [0.15, 0.2) is 18.2 Å². The Labute approximate surface area is 120 Å². The summed E-state index contributed by atoms with van der Waals surface area (Å²) in [6, 6.07) is 2.80. The summed E-state index contributed by atoms with van der Waals surface area (Å²) in [5, 5.41) is 23.1. The Bertz CT molecular complexity index is 547. The van der Waals surface area contributed by atoms with E-state index in [-0.39, 0.29) is 22.9 Å². The van der Waals surface area contributed by atoms with Gasteiger partial charge in [-0.15, -0.1) is 0 Å². The highest BCUT2D eigenvalue weighted by atomic mass is 32.1. The number of nitrogens with one attached hydrogen (secondary N) is 2. The minimum atomic E-state index is -1.31. The molecule has 0 aliphatic heterocycles. The third kappa shape index (κ3) is 4.16. The topological polar surface area (TPSA) is 116 Å². The van der Waals surface area contributed by atoms with Gasteiger partial charge in [0.15, 0.2) is 0 Å². The van der Waals surface area contributed by atoms with Crippen LogP contribution in [0, 0.1) is 0 Å². The molecule has 0 spiro atoms. The summed E-state index contributed by atoms with van der Waals surface area (Å²) < 4.78 is 0. The first-order chi connectivity index (χ1) is 9.35. The van der Waals surface area contributed by atoms with Crippen molar-refractivity contribution in [3.05, 3.63) is 23.8 Å². The van der Waals surface area contributed by atoms with Gasteiger partial charge in [0.25, 0.3) is 0 Å². The zero-order chi connectivity index (χ0) is 15.3. The summed E-state index contributed by atoms with van der Waals surface area (Å²) in [7, 11) is 0. The maximum Gasteiger partial charge on any atom is 0.339 e. The van der Waals surface area contributed by atoms with Gasteiger partial charge < -0.3 is 20.8 Å². The van der Waals surface area contributed by atoms with E-state index in [1.54, 1.807) is 0 Å². The lowest BCUT2D eigenvalue weighted by molar-refractivity contribution is -0.124. The van der Waals surface area contributed by atoms with Gasteiger partial charge in [-0.25, -0.2) is 4.79 Å². The van der Waals surface area contributed by atoms with Crippen LogP contribution in [-0.2, 0) is 9.59 Å². The fourth-order valence-corrected chi connectivity index (χ4v) is 1.71. The first-order valence-corrected chi connectivity index (χ1v) is 6.23. The number of carboxylic acid groups (broad SMARTS) is 1. The molecule has 0 saturated heterocycles. The summed E-state index contributed by atoms with van der Waals surface area (Å²) in [5.74, 6) is -2.53. The molecular formula is C12H14N2O5S. The maximum atomic E-state index is 11.9. The van der Waals surface area contributed by atoms with E-state index in [1.165, 1.54) is 13.0 Å². The van der Waals surface area contributed by atoms with Crippen molar-refractivity contribution in [2.24, 2.45) is 0 Å². The van der Waals surface area contributed by atoms with Crippen LogP contribution in [-0.4, -0.2) is 39.8 Å². The van der Waals surface area contributed by atoms with Crippen molar-refractivity contribution in [2.45, 2.75) is 13.0 Å². The zero-order valence-corrected chi connectivity index (χ0v) is 11.5. The molecule has 0 radical (unpaired) electrons. The Morgan fingerprint density at radius 1 is 1.35 bits per heavy atom. The summed E-state index contributed by atoms with van der Waals surface area (Å²) in [4.78, 5) is 33.6. The van der Waals surface area contributed by atoms with Crippen LogP contribution in [0.25, 0.3) is 0 Å². The lowest BCUT2D eigenvalue weighted by Gasteiger charge is -2.15. The van der Waals surface area contributed by atoms with E-state index in [4.69, 9.17) is 5.11 Å². The molecule has 0 bridgehead atoms. The molecule has 1 unspecified atom stereocenters. The van der Waals surface area contributed by atoms with Crippen molar-refractivity contribution in [2.75, 3.05) is 11.1 Å². The Kier molecular flexibility index (Phi) is 5.39. The van der Waals surface area contributed by atoms with E-state index in [0.29, 0.717) is 0 Å². The van der Waals surface area contributed by atoms with Crippen LogP contribution in [0.5, 0.6) is 5.75 Å². The molecular weight excluding hydrogens is 284 g/mol. The van der Waals surface area contributed by atoms with Crippen molar-refractivity contribution in [1.29, 1.82) is 0 Å². The number of phenols is 1. The number of anilines is 1. The number of carbonyl (C=O) groups is 3. The number of amides is 2. The van der Waals surface area contributed by atoms with Gasteiger partial charge in [-0.2, -0.15) is 12.6 Å². The quantitative estimate of drug-likeness (QED) is 0.400. The highest BCUT2D eigenvalue weighted by Gasteiger charge is 2.18. The molecule has 0 saturated carbocycles. The standard InChI is InChI=1S/C12H14N2O5S/c1-6(15)13-9(5-20)11(17)14-7-2-3-10(16)8(4-7)12(18)19/h2-4,9,16,20H,5H2,1H3,(H,13,15)(H,14,17)(H,18,19). The fraction of sp³-hybridized carbons (Fsp3) is 0.250. The number of rotatable bonds is 5. The van der Waals surface area contributed by atoms with Crippen molar-refractivity contribution in [1.82, 2.24) is 5.32 Å². The Balaban J connectivity index is 2.87. The van der Waals surface area contributed by atoms with Crippen LogP contribution in [0.3, 0.4) is 0 Å². The van der Waals surface area contributed by atoms with Gasteiger partial charge in [0.2, 0.25) is 11.8 Å². The van der Waals surface area contributed by atoms with Gasteiger partial charge in [0, 0.05) is 18.4 Å². The van der Waals surface area contributed by atoms with Crippen molar-refractivity contribution < 1.29 is 24.6 Å². The molecule has 2 amide bonds. The lowest BCUT2D eigenvalue weighted by atomic mass is 10.1. The lowest BCUT2D eigenvalue weighted by Crippen LogP contribution is -2.44. The number of hydrogen-bond acceptors (Lipinski definition) is 5. The van der Waals surface area contributed by atoms with Crippen LogP contribution < -0.4 is 10.6 Å². The van der Waals surface area contributed by atoms with Gasteiger partial charge in [0.05, 0.1) is 0 Å². The van der Waals surface area contributed by atoms with Crippen molar-refractivity contribution in [3.8, 4) is 5.75 Å². The second-order valence-electron chi connectivity index (χ2n) is 3.96. The summed E-state index contributed by atoms with van der Waals surface area (Å²) in [6.07, 6.45) is 0. The third-order valence-corrected chi connectivity index (χ3v) is 2.74. The van der Waals surface area contributed by atoms with E-state index in [2.05, 4.69) is 23.3 Å². The molecule has 0 fully saturated rings. The van der Waals surface area contributed by atoms with Crippen LogP contribution in [0.4, 0.5) is 5.69 Å². The monoisotopic (exact) mass is 298 g/mol. The van der Waals surface area contributed by atoms with E-state index in [0.717, 1.165) is 12.1 Å². The highest BCUT2D eigenvalue weighted by Crippen LogP contribution is 2.21. The van der Waals surface area contributed by atoms with Gasteiger partial charge in [-0.3, -0.25) is 9.59 Å². The van der Waals surface area contributed by atoms with Crippen LogP contribution >= 0.6 is 12.6 Å². The molecule has 0 aromatic heterocycles. The predicted molar refractivity (Wildman–Crippen MR) is 75.2 cm³/mol. The minimum absolute atomic E-state index is 0.0925. The molecule has 0 aliphatic carbocycles. The third-order valence-electron chi connectivity index (χ3n) is 2.37. The molecule has 108 valence electrons. The molecule has 1 atom stereocenters. The number of thiol groups is 1. The average molecular weight is 298 g/mol. The largest absolute Gasteiger partial charge is 0.507 e. The van der Waals surface area contributed by atoms with Gasteiger partial charge in [-0.05, 0) is 18.2 Å². The summed E-state index contributed by atoms with van der Waals surface area (Å²) in [5.41, 5.74) is -0.132. The van der Waals surface area contributed by atoms with Crippen LogP contribution in [0.1, 0.15) is 17.3 Å². The fourth-order valence-electron chi connectivity index (χ4n) is 1.45. The van der Waals surface area contributed by atoms with E-state index in [1.807, 2.05) is 0 Å². The second kappa shape index (κ2) is 6.80. The van der Waals surface area contributed by atoms with Crippen molar-refractivity contribution >= 4 is 36.1 Å². The first-order valence-electron chi connectivity index (χ1n) is 5.60. The SMILES string of the molecule is CC(=O)NC(CS)C(=O)Nc1ccc(O)c(C(=O)O)c1. The molecule has 7 nitrogen and oxygen atoms in total. The molecule has 20 heavy (non-hydrogen) atoms. The first kappa shape index (κ1) is 15.8. The molecule has 8 heteroatoms. The number of aromatic hydroxyl groups is 1. The highest BCUT2D eigenvalue weighted by molar-refractivity contribution is 7.80. The number of hydrogen-bond donors (Lipinski definition) is 5. The second-order valence-corrected chi connectivity index (χ2v) is 4.33. The normalized spacial score (nSPS) is 11.5. The van der Waals surface area contributed by atoms with Gasteiger partial charge >= 0.3 is 5.97 Å². The number of carboxylic acids is 1. The smallest absolute Gasteiger partial charge is 0.339 e. The van der Waals surface area contributed by atoms with Gasteiger partial charge in [0.1, 0.15) is 17.4 Å². The zero-order valence-electron chi connectivity index (χ0n) is 10.6. The van der Waals surface area contributed by atoms with Gasteiger partial charge in [-0.1, -0.05) is 0 Å². The molecule has 0 heterocycles. The molecule has 0 aliphatic rings. The van der Waals surface area contributed by atoms with Crippen LogP contribution in [0.2, 0.25) is 0 Å². The summed E-state index contributed by atoms with van der Waals surface area (Å²) in [6.45, 7) is 1.27. The van der Waals surface area contributed by atoms with E-state index in [9.17, 15) is 19.5 Å². The molecule has 1 rings (SSSR count). The Morgan fingerprint density at radius 2 is 2.00 bits per heavy atom. The molecule has 1 aromatic rings. The van der Waals surface area contributed by atoms with E-state index < -0.39 is 23.7 Å². The predicted octanol–water partition coefficient (Wildman–Crippen LogP) is 0.463. The number of aromatic carboxylic acids is 1. The summed E-state index contributed by atoms with van der Waals surface area (Å²) >= 11 is 3.96. The Morgan fingerprint density at radius 3 is 2.50 bits per heavy atom. The Hall–Kier alpha value is -2.22. The number of carbonyl (C=O) groups excluding carboxylic acids is 2. The minimum Gasteiger partial charge on any atom is -0.507 e. The average Bonchev–Trinajstić information content (AvgIpc) is 2.37. The number of benzene rings is 1. The van der Waals surface area contributed by atoms with E-state index >= 15 is 0 Å². The van der Waals surface area contributed by atoms with Crippen molar-refractivity contribution in [3.63, 3.8) is 0 Å². The molecule has 1 aromatic carbocycles. The maximum absolute atomic E-state index is 11.9. The molecule has 4 N–H and O–H groups in total.